The van der Waals surface area contributed by atoms with Gasteiger partial charge in [-0.3, -0.25) is 14.4 Å². The zero-order valence-electron chi connectivity index (χ0n) is 14.0. The second-order valence-electron chi connectivity index (χ2n) is 5.80. The minimum absolute atomic E-state index is 0.0266. The average Bonchev–Trinajstić information content (AvgIpc) is 2.51. The van der Waals surface area contributed by atoms with Gasteiger partial charge in [0.05, 0.1) is 19.1 Å². The summed E-state index contributed by atoms with van der Waals surface area (Å²) in [6.45, 7) is 3.29. The standard InChI is InChI=1S/C16H23ClN4O3/c1-10(2)15(18)16(24)19-8-14(23)21(3)9-13(22)20-12-6-4-5-11(17)7-12/h4-7,10,15H,8-9,18H2,1-3H3,(H,19,24)(H,20,22)/t15-/m0/s1. The van der Waals surface area contributed by atoms with E-state index in [1.54, 1.807) is 24.3 Å². The topological polar surface area (TPSA) is 105 Å². The lowest BCUT2D eigenvalue weighted by Gasteiger charge is -2.19. The van der Waals surface area contributed by atoms with Gasteiger partial charge >= 0.3 is 0 Å². The highest BCUT2D eigenvalue weighted by Gasteiger charge is 2.19. The molecule has 7 nitrogen and oxygen atoms in total. The minimum atomic E-state index is -0.672. The number of halogens is 1. The highest BCUT2D eigenvalue weighted by atomic mass is 35.5. The number of likely N-dealkylation sites (N-methyl/N-ethyl adjacent to an activating group) is 1. The van der Waals surface area contributed by atoms with Gasteiger partial charge in [-0.1, -0.05) is 31.5 Å². The number of benzene rings is 1. The molecule has 0 saturated carbocycles. The third-order valence-corrected chi connectivity index (χ3v) is 3.58. The molecule has 3 amide bonds. The number of hydrogen-bond acceptors (Lipinski definition) is 4. The van der Waals surface area contributed by atoms with Crippen molar-refractivity contribution in [2.75, 3.05) is 25.5 Å². The summed E-state index contributed by atoms with van der Waals surface area (Å²) in [5.74, 6) is -1.17. The van der Waals surface area contributed by atoms with Crippen molar-refractivity contribution in [3.8, 4) is 0 Å². The monoisotopic (exact) mass is 354 g/mol. The van der Waals surface area contributed by atoms with Crippen molar-refractivity contribution in [1.82, 2.24) is 10.2 Å². The number of amides is 3. The zero-order chi connectivity index (χ0) is 18.3. The Bertz CT molecular complexity index is 607. The van der Waals surface area contributed by atoms with Gasteiger partial charge in [0.2, 0.25) is 17.7 Å². The summed E-state index contributed by atoms with van der Waals surface area (Å²) in [4.78, 5) is 36.8. The zero-order valence-corrected chi connectivity index (χ0v) is 14.8. The van der Waals surface area contributed by atoms with Crippen molar-refractivity contribution in [1.29, 1.82) is 0 Å². The highest BCUT2D eigenvalue weighted by molar-refractivity contribution is 6.30. The first kappa shape index (κ1) is 19.9. The van der Waals surface area contributed by atoms with E-state index in [2.05, 4.69) is 10.6 Å². The third-order valence-electron chi connectivity index (χ3n) is 3.35. The largest absolute Gasteiger partial charge is 0.346 e. The lowest BCUT2D eigenvalue weighted by molar-refractivity contribution is -0.134. The van der Waals surface area contributed by atoms with Crippen LogP contribution in [0.1, 0.15) is 13.8 Å². The van der Waals surface area contributed by atoms with Crippen molar-refractivity contribution < 1.29 is 14.4 Å². The molecule has 0 heterocycles. The second-order valence-corrected chi connectivity index (χ2v) is 6.23. The quantitative estimate of drug-likeness (QED) is 0.674. The van der Waals surface area contributed by atoms with Crippen LogP contribution in [0.25, 0.3) is 0 Å². The Hall–Kier alpha value is -2.12. The molecule has 0 fully saturated rings. The second kappa shape index (κ2) is 9.24. The molecule has 4 N–H and O–H groups in total. The van der Waals surface area contributed by atoms with Crippen LogP contribution in [0, 0.1) is 5.92 Å². The van der Waals surface area contributed by atoms with Gasteiger partial charge in [0.15, 0.2) is 0 Å². The van der Waals surface area contributed by atoms with Crippen molar-refractivity contribution in [3.05, 3.63) is 29.3 Å². The van der Waals surface area contributed by atoms with Gasteiger partial charge < -0.3 is 21.3 Å². The molecule has 0 radical (unpaired) electrons. The van der Waals surface area contributed by atoms with Crippen LogP contribution in [0.3, 0.4) is 0 Å². The number of hydrogen-bond donors (Lipinski definition) is 3. The molecule has 1 aromatic rings. The first-order valence-electron chi connectivity index (χ1n) is 7.53. The highest BCUT2D eigenvalue weighted by Crippen LogP contribution is 2.14. The molecule has 0 aromatic heterocycles. The smallest absolute Gasteiger partial charge is 0.243 e. The molecule has 0 saturated heterocycles. The molecule has 132 valence electrons. The predicted octanol–water partition coefficient (Wildman–Crippen LogP) is 0.836. The Morgan fingerprint density at radius 1 is 1.29 bits per heavy atom. The lowest BCUT2D eigenvalue weighted by Crippen LogP contribution is -2.48. The fourth-order valence-corrected chi connectivity index (χ4v) is 1.98. The van der Waals surface area contributed by atoms with E-state index in [4.69, 9.17) is 17.3 Å². The van der Waals surface area contributed by atoms with E-state index in [1.165, 1.54) is 11.9 Å². The molecule has 1 aromatic carbocycles. The predicted molar refractivity (Wildman–Crippen MR) is 93.5 cm³/mol. The molecule has 24 heavy (non-hydrogen) atoms. The molecule has 0 unspecified atom stereocenters. The molecule has 0 spiro atoms. The summed E-state index contributed by atoms with van der Waals surface area (Å²) in [5, 5.41) is 5.61. The number of rotatable bonds is 7. The number of nitrogens with one attached hydrogen (secondary N) is 2. The Labute approximate surface area is 146 Å². The minimum Gasteiger partial charge on any atom is -0.346 e. The third kappa shape index (κ3) is 6.55. The van der Waals surface area contributed by atoms with Gasteiger partial charge in [0, 0.05) is 17.8 Å². The molecule has 0 bridgehead atoms. The maximum Gasteiger partial charge on any atom is 0.243 e. The van der Waals surface area contributed by atoms with Crippen molar-refractivity contribution in [3.63, 3.8) is 0 Å². The maximum atomic E-state index is 12.0. The van der Waals surface area contributed by atoms with Gasteiger partial charge in [0.1, 0.15) is 0 Å². The van der Waals surface area contributed by atoms with Crippen LogP contribution in [-0.2, 0) is 14.4 Å². The first-order valence-corrected chi connectivity index (χ1v) is 7.91. The van der Waals surface area contributed by atoms with Gasteiger partial charge in [-0.05, 0) is 24.1 Å². The van der Waals surface area contributed by atoms with Crippen LogP contribution in [0.4, 0.5) is 5.69 Å². The van der Waals surface area contributed by atoms with Crippen molar-refractivity contribution >= 4 is 35.0 Å². The molecule has 0 aliphatic rings. The molecular formula is C16H23ClN4O3. The van der Waals surface area contributed by atoms with Crippen LogP contribution < -0.4 is 16.4 Å². The van der Waals surface area contributed by atoms with E-state index in [9.17, 15) is 14.4 Å². The fourth-order valence-electron chi connectivity index (χ4n) is 1.79. The van der Waals surface area contributed by atoms with E-state index >= 15 is 0 Å². The Morgan fingerprint density at radius 3 is 2.54 bits per heavy atom. The van der Waals surface area contributed by atoms with Crippen LogP contribution in [0.15, 0.2) is 24.3 Å². The number of nitrogens with zero attached hydrogens (tertiary/aromatic N) is 1. The van der Waals surface area contributed by atoms with E-state index in [1.807, 2.05) is 13.8 Å². The molecule has 8 heteroatoms. The van der Waals surface area contributed by atoms with E-state index in [0.29, 0.717) is 10.7 Å². The normalized spacial score (nSPS) is 11.8. The van der Waals surface area contributed by atoms with Crippen molar-refractivity contribution in [2.24, 2.45) is 11.7 Å². The Morgan fingerprint density at radius 2 is 1.96 bits per heavy atom. The summed E-state index contributed by atoms with van der Waals surface area (Å²) < 4.78 is 0. The van der Waals surface area contributed by atoms with Gasteiger partial charge in [-0.25, -0.2) is 0 Å². The lowest BCUT2D eigenvalue weighted by atomic mass is 10.1. The van der Waals surface area contributed by atoms with Gasteiger partial charge in [-0.2, -0.15) is 0 Å². The molecular weight excluding hydrogens is 332 g/mol. The Kier molecular flexibility index (Phi) is 7.67. The van der Waals surface area contributed by atoms with Crippen LogP contribution >= 0.6 is 11.6 Å². The van der Waals surface area contributed by atoms with Crippen LogP contribution in [-0.4, -0.2) is 48.8 Å². The molecule has 1 atom stereocenters. The summed E-state index contributed by atoms with van der Waals surface area (Å²) in [5.41, 5.74) is 6.24. The van der Waals surface area contributed by atoms with Crippen molar-refractivity contribution in [2.45, 2.75) is 19.9 Å². The van der Waals surface area contributed by atoms with Gasteiger partial charge in [-0.15, -0.1) is 0 Å². The number of carbonyl (C=O) groups is 3. The number of anilines is 1. The van der Waals surface area contributed by atoms with E-state index in [-0.39, 0.29) is 30.8 Å². The SMILES string of the molecule is CC(C)[C@H](N)C(=O)NCC(=O)N(C)CC(=O)Nc1cccc(Cl)c1. The summed E-state index contributed by atoms with van der Waals surface area (Å²) in [7, 11) is 1.48. The van der Waals surface area contributed by atoms with Crippen LogP contribution in [0.5, 0.6) is 0 Å². The molecule has 0 aliphatic heterocycles. The van der Waals surface area contributed by atoms with Crippen LogP contribution in [0.2, 0.25) is 5.02 Å². The average molecular weight is 355 g/mol. The summed E-state index contributed by atoms with van der Waals surface area (Å²) in [6.07, 6.45) is 0. The van der Waals surface area contributed by atoms with E-state index in [0.717, 1.165) is 0 Å². The molecule has 1 rings (SSSR count). The summed E-state index contributed by atoms with van der Waals surface area (Å²) >= 11 is 5.84. The molecule has 0 aliphatic carbocycles. The number of nitrogens with two attached hydrogens (primary N) is 1. The Balaban J connectivity index is 2.43. The summed E-state index contributed by atoms with van der Waals surface area (Å²) in [6, 6.07) is 6.03. The first-order chi connectivity index (χ1) is 11.2. The fraction of sp³-hybridized carbons (Fsp3) is 0.438. The van der Waals surface area contributed by atoms with E-state index < -0.39 is 11.9 Å². The van der Waals surface area contributed by atoms with Gasteiger partial charge in [0.25, 0.3) is 0 Å². The number of carbonyl (C=O) groups excluding carboxylic acids is 3. The maximum absolute atomic E-state index is 12.0.